The van der Waals surface area contributed by atoms with E-state index in [0.29, 0.717) is 6.54 Å². The molecule has 1 aliphatic rings. The van der Waals surface area contributed by atoms with E-state index in [1.165, 1.54) is 6.07 Å². The van der Waals surface area contributed by atoms with Gasteiger partial charge in [-0.3, -0.25) is 0 Å². The van der Waals surface area contributed by atoms with Gasteiger partial charge in [0.05, 0.1) is 5.60 Å². The summed E-state index contributed by atoms with van der Waals surface area (Å²) in [5.74, 6) is -0.208. The Morgan fingerprint density at radius 3 is 2.85 bits per heavy atom. The van der Waals surface area contributed by atoms with Crippen molar-refractivity contribution in [3.05, 3.63) is 29.6 Å². The molecule has 20 heavy (non-hydrogen) atoms. The average molecular weight is 280 g/mol. The summed E-state index contributed by atoms with van der Waals surface area (Å²) in [6.45, 7) is 8.36. The first-order valence-corrected chi connectivity index (χ1v) is 7.43. The second-order valence-corrected chi connectivity index (χ2v) is 6.05. The highest BCUT2D eigenvalue weighted by molar-refractivity contribution is 5.56. The number of halogens is 1. The Kier molecular flexibility index (Phi) is 4.66. The lowest BCUT2D eigenvalue weighted by molar-refractivity contribution is 0.0839. The van der Waals surface area contributed by atoms with Crippen molar-refractivity contribution < 1.29 is 9.50 Å². The van der Waals surface area contributed by atoms with E-state index in [1.807, 2.05) is 13.0 Å². The third-order valence-electron chi connectivity index (χ3n) is 3.95. The molecule has 1 aromatic carbocycles. The van der Waals surface area contributed by atoms with Gasteiger partial charge in [-0.25, -0.2) is 4.39 Å². The summed E-state index contributed by atoms with van der Waals surface area (Å²) in [5, 5.41) is 13.5. The molecule has 0 amide bonds. The molecule has 1 aliphatic heterocycles. The summed E-state index contributed by atoms with van der Waals surface area (Å²) in [6.07, 6.45) is 1.80. The highest BCUT2D eigenvalue weighted by Crippen LogP contribution is 2.32. The number of nitrogens with one attached hydrogen (secondary N) is 1. The predicted molar refractivity (Wildman–Crippen MR) is 80.6 cm³/mol. The lowest BCUT2D eigenvalue weighted by Crippen LogP contribution is -2.31. The largest absolute Gasteiger partial charge is 0.388 e. The molecule has 0 aliphatic carbocycles. The molecule has 0 bridgehead atoms. The van der Waals surface area contributed by atoms with Crippen molar-refractivity contribution in [1.82, 2.24) is 5.32 Å². The van der Waals surface area contributed by atoms with Crippen LogP contribution in [-0.2, 0) is 0 Å². The maximum atomic E-state index is 13.6. The van der Waals surface area contributed by atoms with Gasteiger partial charge >= 0.3 is 0 Å². The van der Waals surface area contributed by atoms with E-state index in [9.17, 15) is 9.50 Å². The number of hydrogen-bond acceptors (Lipinski definition) is 3. The minimum absolute atomic E-state index is 0.103. The molecule has 1 heterocycles. The quantitative estimate of drug-likeness (QED) is 0.870. The van der Waals surface area contributed by atoms with E-state index in [-0.39, 0.29) is 11.9 Å². The van der Waals surface area contributed by atoms with Gasteiger partial charge in [-0.05, 0) is 57.0 Å². The first-order valence-electron chi connectivity index (χ1n) is 7.43. The fourth-order valence-electron chi connectivity index (χ4n) is 2.78. The molecular formula is C16H25FN2O. The van der Waals surface area contributed by atoms with Gasteiger partial charge in [0.2, 0.25) is 0 Å². The molecule has 0 spiro atoms. The number of anilines is 1. The lowest BCUT2D eigenvalue weighted by Gasteiger charge is -2.26. The summed E-state index contributed by atoms with van der Waals surface area (Å²) >= 11 is 0. The van der Waals surface area contributed by atoms with Crippen LogP contribution in [0.15, 0.2) is 18.2 Å². The van der Waals surface area contributed by atoms with Gasteiger partial charge < -0.3 is 15.3 Å². The van der Waals surface area contributed by atoms with E-state index < -0.39 is 5.60 Å². The smallest absolute Gasteiger partial charge is 0.123 e. The van der Waals surface area contributed by atoms with Crippen molar-refractivity contribution >= 4 is 5.69 Å². The highest BCUT2D eigenvalue weighted by atomic mass is 19.1. The first kappa shape index (κ1) is 15.3. The van der Waals surface area contributed by atoms with Crippen molar-refractivity contribution in [3.63, 3.8) is 0 Å². The fraction of sp³-hybridized carbons (Fsp3) is 0.625. The molecule has 2 unspecified atom stereocenters. The maximum absolute atomic E-state index is 13.6. The van der Waals surface area contributed by atoms with Crippen molar-refractivity contribution in [2.45, 2.75) is 45.3 Å². The minimum Gasteiger partial charge on any atom is -0.388 e. The van der Waals surface area contributed by atoms with Crippen LogP contribution in [0.2, 0.25) is 0 Å². The Bertz CT molecular complexity index is 462. The Labute approximate surface area is 120 Å². The third kappa shape index (κ3) is 3.49. The molecule has 0 saturated carbocycles. The van der Waals surface area contributed by atoms with Gasteiger partial charge in [-0.2, -0.15) is 0 Å². The zero-order chi connectivity index (χ0) is 14.8. The monoisotopic (exact) mass is 280 g/mol. The second-order valence-electron chi connectivity index (χ2n) is 6.05. The van der Waals surface area contributed by atoms with Crippen LogP contribution in [0.25, 0.3) is 0 Å². The predicted octanol–water partition coefficient (Wildman–Crippen LogP) is 2.85. The molecular weight excluding hydrogens is 255 g/mol. The normalized spacial score (nSPS) is 24.1. The molecule has 1 aromatic rings. The van der Waals surface area contributed by atoms with Crippen LogP contribution in [0.3, 0.4) is 0 Å². The highest BCUT2D eigenvalue weighted by Gasteiger charge is 2.32. The lowest BCUT2D eigenvalue weighted by atomic mass is 10.0. The number of nitrogens with zero attached hydrogens (tertiary/aromatic N) is 1. The SMILES string of the molecule is CCCNC(C)c1cc(F)ccc1N1CCC(C)(O)C1. The molecule has 0 aromatic heterocycles. The zero-order valence-electron chi connectivity index (χ0n) is 12.6. The summed E-state index contributed by atoms with van der Waals surface area (Å²) in [6, 6.07) is 5.04. The Morgan fingerprint density at radius 1 is 1.50 bits per heavy atom. The van der Waals surface area contributed by atoms with Crippen LogP contribution in [-0.4, -0.2) is 30.3 Å². The number of benzene rings is 1. The molecule has 0 radical (unpaired) electrons. The van der Waals surface area contributed by atoms with Crippen LogP contribution in [0.4, 0.5) is 10.1 Å². The van der Waals surface area contributed by atoms with E-state index in [2.05, 4.69) is 24.1 Å². The Morgan fingerprint density at radius 2 is 2.25 bits per heavy atom. The number of rotatable bonds is 5. The summed E-state index contributed by atoms with van der Waals surface area (Å²) in [4.78, 5) is 2.15. The first-order chi connectivity index (χ1) is 9.43. The standard InChI is InChI=1S/C16H25FN2O/c1-4-8-18-12(2)14-10-13(17)5-6-15(14)19-9-7-16(3,20)11-19/h5-6,10,12,18,20H,4,7-9,11H2,1-3H3. The minimum atomic E-state index is -0.647. The molecule has 2 N–H and O–H groups in total. The molecule has 3 nitrogen and oxygen atoms in total. The summed E-state index contributed by atoms with van der Waals surface area (Å²) < 4.78 is 13.6. The van der Waals surface area contributed by atoms with Gasteiger partial charge in [-0.15, -0.1) is 0 Å². The van der Waals surface area contributed by atoms with Crippen LogP contribution < -0.4 is 10.2 Å². The van der Waals surface area contributed by atoms with Gasteiger partial charge in [0.15, 0.2) is 0 Å². The Balaban J connectivity index is 2.24. The molecule has 1 fully saturated rings. The van der Waals surface area contributed by atoms with E-state index in [0.717, 1.165) is 37.2 Å². The number of β-amino-alcohol motifs (C(OH)–C–C–N with tert-alkyl or cyclic N) is 1. The van der Waals surface area contributed by atoms with Crippen LogP contribution in [0.5, 0.6) is 0 Å². The molecule has 1 saturated heterocycles. The van der Waals surface area contributed by atoms with Gasteiger partial charge in [0.1, 0.15) is 5.82 Å². The van der Waals surface area contributed by atoms with Crippen molar-refractivity contribution in [2.24, 2.45) is 0 Å². The average Bonchev–Trinajstić information content (AvgIpc) is 2.76. The molecule has 2 rings (SSSR count). The van der Waals surface area contributed by atoms with Crippen molar-refractivity contribution in [3.8, 4) is 0 Å². The van der Waals surface area contributed by atoms with Crippen molar-refractivity contribution in [2.75, 3.05) is 24.5 Å². The van der Waals surface area contributed by atoms with Gasteiger partial charge in [0, 0.05) is 24.8 Å². The maximum Gasteiger partial charge on any atom is 0.123 e. The van der Waals surface area contributed by atoms with Crippen LogP contribution in [0.1, 0.15) is 45.2 Å². The zero-order valence-corrected chi connectivity index (χ0v) is 12.6. The number of hydrogen-bond donors (Lipinski definition) is 2. The fourth-order valence-corrected chi connectivity index (χ4v) is 2.78. The summed E-state index contributed by atoms with van der Waals surface area (Å²) in [5.41, 5.74) is 1.35. The van der Waals surface area contributed by atoms with Gasteiger partial charge in [0.25, 0.3) is 0 Å². The van der Waals surface area contributed by atoms with Gasteiger partial charge in [-0.1, -0.05) is 6.92 Å². The number of aliphatic hydroxyl groups is 1. The van der Waals surface area contributed by atoms with Crippen LogP contribution in [0, 0.1) is 5.82 Å². The van der Waals surface area contributed by atoms with E-state index in [4.69, 9.17) is 0 Å². The molecule has 112 valence electrons. The summed E-state index contributed by atoms with van der Waals surface area (Å²) in [7, 11) is 0. The topological polar surface area (TPSA) is 35.5 Å². The van der Waals surface area contributed by atoms with Crippen LogP contribution >= 0.6 is 0 Å². The molecule has 4 heteroatoms. The third-order valence-corrected chi connectivity index (χ3v) is 3.95. The van der Waals surface area contributed by atoms with E-state index >= 15 is 0 Å². The van der Waals surface area contributed by atoms with E-state index in [1.54, 1.807) is 6.07 Å². The molecule has 2 atom stereocenters. The second kappa shape index (κ2) is 6.10. The van der Waals surface area contributed by atoms with Crippen molar-refractivity contribution in [1.29, 1.82) is 0 Å². The Hall–Kier alpha value is -1.13.